The molecule has 1 saturated carbocycles. The molecule has 160 valence electrons. The lowest BCUT2D eigenvalue weighted by Crippen LogP contribution is -2.37. The van der Waals surface area contributed by atoms with Crippen LogP contribution in [0.3, 0.4) is 0 Å². The van der Waals surface area contributed by atoms with Gasteiger partial charge in [0.25, 0.3) is 0 Å². The smallest absolute Gasteiger partial charge is 0.223 e. The zero-order chi connectivity index (χ0) is 21.1. The Labute approximate surface area is 181 Å². The van der Waals surface area contributed by atoms with E-state index in [9.17, 15) is 4.79 Å². The van der Waals surface area contributed by atoms with E-state index in [0.717, 1.165) is 45.4 Å². The van der Waals surface area contributed by atoms with E-state index >= 15 is 0 Å². The number of piperidine rings is 1. The highest BCUT2D eigenvalue weighted by atomic mass is 16.2. The number of hydrogen-bond acceptors (Lipinski definition) is 2. The third-order valence-corrected chi connectivity index (χ3v) is 7.49. The summed E-state index contributed by atoms with van der Waals surface area (Å²) < 4.78 is 0. The topological polar surface area (TPSA) is 32.3 Å². The van der Waals surface area contributed by atoms with Crippen LogP contribution < -0.4 is 5.32 Å². The first-order valence-corrected chi connectivity index (χ1v) is 11.6. The summed E-state index contributed by atoms with van der Waals surface area (Å²) in [6, 6.07) is 15.2. The van der Waals surface area contributed by atoms with Crippen molar-refractivity contribution in [3.05, 3.63) is 70.3 Å². The summed E-state index contributed by atoms with van der Waals surface area (Å²) in [5.74, 6) is 0.543. The molecule has 4 rings (SSSR count). The lowest BCUT2D eigenvalue weighted by atomic mass is 9.90. The summed E-state index contributed by atoms with van der Waals surface area (Å²) >= 11 is 0. The van der Waals surface area contributed by atoms with Gasteiger partial charge in [0.1, 0.15) is 0 Å². The molecule has 2 aromatic carbocycles. The molecule has 0 aromatic heterocycles. The Morgan fingerprint density at radius 2 is 1.73 bits per heavy atom. The maximum absolute atomic E-state index is 12.7. The van der Waals surface area contributed by atoms with Gasteiger partial charge in [-0.05, 0) is 99.2 Å². The number of amides is 1. The number of likely N-dealkylation sites (tertiary alicyclic amines) is 1. The van der Waals surface area contributed by atoms with Gasteiger partial charge in [0, 0.05) is 19.0 Å². The lowest BCUT2D eigenvalue weighted by molar-refractivity contribution is -0.123. The molecular weight excluding hydrogens is 368 g/mol. The summed E-state index contributed by atoms with van der Waals surface area (Å²) in [5.41, 5.74) is 7.26. The van der Waals surface area contributed by atoms with Crippen molar-refractivity contribution in [2.75, 3.05) is 19.6 Å². The van der Waals surface area contributed by atoms with Crippen LogP contribution in [-0.2, 0) is 17.8 Å². The van der Waals surface area contributed by atoms with E-state index in [1.54, 1.807) is 0 Å². The molecule has 1 saturated heterocycles. The monoisotopic (exact) mass is 404 g/mol. The molecule has 1 amide bonds. The Bertz CT molecular complexity index is 881. The highest BCUT2D eigenvalue weighted by Gasteiger charge is 2.58. The van der Waals surface area contributed by atoms with Gasteiger partial charge >= 0.3 is 0 Å². The number of hydrogen-bond donors (Lipinski definition) is 1. The molecule has 3 nitrogen and oxygen atoms in total. The van der Waals surface area contributed by atoms with Gasteiger partial charge in [-0.25, -0.2) is 0 Å². The minimum Gasteiger partial charge on any atom is -0.356 e. The highest BCUT2D eigenvalue weighted by Crippen LogP contribution is 2.59. The van der Waals surface area contributed by atoms with Crippen LogP contribution in [-0.4, -0.2) is 30.4 Å². The van der Waals surface area contributed by atoms with Crippen molar-refractivity contribution in [3.63, 3.8) is 0 Å². The van der Waals surface area contributed by atoms with Crippen LogP contribution in [0.25, 0.3) is 0 Å². The molecule has 1 aliphatic carbocycles. The molecule has 0 unspecified atom stereocenters. The second-order valence-electron chi connectivity index (χ2n) is 9.64. The van der Waals surface area contributed by atoms with Crippen molar-refractivity contribution in [2.45, 2.75) is 59.4 Å². The molecular formula is C27H36N2O. The van der Waals surface area contributed by atoms with Gasteiger partial charge in [-0.3, -0.25) is 9.69 Å². The lowest BCUT2D eigenvalue weighted by Gasteiger charge is -2.33. The fourth-order valence-electron chi connectivity index (χ4n) is 5.13. The second kappa shape index (κ2) is 8.93. The highest BCUT2D eigenvalue weighted by molar-refractivity contribution is 5.82. The summed E-state index contributed by atoms with van der Waals surface area (Å²) in [7, 11) is 0. The SMILES string of the molecule is Cc1cc(C)c(CN2CCC3(CC2)C[C@@H]3C(=O)NCCCc2ccccc2)cc1C. The molecule has 3 heteroatoms. The van der Waals surface area contributed by atoms with Crippen LogP contribution >= 0.6 is 0 Å². The Balaban J connectivity index is 1.20. The zero-order valence-corrected chi connectivity index (χ0v) is 18.8. The van der Waals surface area contributed by atoms with E-state index in [2.05, 4.69) is 67.4 Å². The maximum Gasteiger partial charge on any atom is 0.223 e. The molecule has 0 bridgehead atoms. The Hall–Kier alpha value is -2.13. The predicted octanol–water partition coefficient (Wildman–Crippen LogP) is 4.96. The van der Waals surface area contributed by atoms with Crippen LogP contribution in [0, 0.1) is 32.1 Å². The number of carbonyl (C=O) groups excluding carboxylic acids is 1. The van der Waals surface area contributed by atoms with Gasteiger partial charge in [0.15, 0.2) is 0 Å². The molecule has 0 radical (unpaired) electrons. The molecule has 1 N–H and O–H groups in total. The molecule has 1 aliphatic heterocycles. The Morgan fingerprint density at radius 3 is 2.47 bits per heavy atom. The average molecular weight is 405 g/mol. The first-order chi connectivity index (χ1) is 14.5. The van der Waals surface area contributed by atoms with Crippen LogP contribution in [0.4, 0.5) is 0 Å². The fourth-order valence-corrected chi connectivity index (χ4v) is 5.13. The Morgan fingerprint density at radius 1 is 1.03 bits per heavy atom. The number of aryl methyl sites for hydroxylation is 4. The number of rotatable bonds is 7. The van der Waals surface area contributed by atoms with E-state index in [1.807, 2.05) is 6.07 Å². The summed E-state index contributed by atoms with van der Waals surface area (Å²) in [4.78, 5) is 15.2. The average Bonchev–Trinajstić information content (AvgIpc) is 3.45. The molecule has 1 heterocycles. The van der Waals surface area contributed by atoms with Gasteiger partial charge in [-0.1, -0.05) is 42.5 Å². The van der Waals surface area contributed by atoms with E-state index in [4.69, 9.17) is 0 Å². The Kier molecular flexibility index (Phi) is 6.29. The molecule has 2 fully saturated rings. The molecule has 2 aromatic rings. The molecule has 1 spiro atoms. The summed E-state index contributed by atoms with van der Waals surface area (Å²) in [6.07, 6.45) is 5.47. The summed E-state index contributed by atoms with van der Waals surface area (Å²) in [6.45, 7) is 10.7. The van der Waals surface area contributed by atoms with Gasteiger partial charge in [-0.2, -0.15) is 0 Å². The van der Waals surface area contributed by atoms with Gasteiger partial charge < -0.3 is 5.32 Å². The zero-order valence-electron chi connectivity index (χ0n) is 18.8. The van der Waals surface area contributed by atoms with E-state index in [0.29, 0.717) is 5.91 Å². The number of nitrogens with zero attached hydrogens (tertiary/aromatic N) is 1. The number of nitrogens with one attached hydrogen (secondary N) is 1. The predicted molar refractivity (Wildman–Crippen MR) is 123 cm³/mol. The van der Waals surface area contributed by atoms with Crippen molar-refractivity contribution in [1.82, 2.24) is 10.2 Å². The van der Waals surface area contributed by atoms with Crippen molar-refractivity contribution < 1.29 is 4.79 Å². The van der Waals surface area contributed by atoms with Crippen LogP contribution in [0.15, 0.2) is 42.5 Å². The van der Waals surface area contributed by atoms with Crippen LogP contribution in [0.1, 0.15) is 53.5 Å². The van der Waals surface area contributed by atoms with E-state index in [1.165, 1.54) is 40.7 Å². The minimum absolute atomic E-state index is 0.250. The quantitative estimate of drug-likeness (QED) is 0.661. The minimum atomic E-state index is 0.250. The first-order valence-electron chi connectivity index (χ1n) is 11.6. The van der Waals surface area contributed by atoms with Gasteiger partial charge in [-0.15, -0.1) is 0 Å². The first kappa shape index (κ1) is 21.1. The molecule has 30 heavy (non-hydrogen) atoms. The molecule has 1 atom stereocenters. The third kappa shape index (κ3) is 4.78. The normalized spacial score (nSPS) is 20.3. The van der Waals surface area contributed by atoms with Crippen molar-refractivity contribution in [1.29, 1.82) is 0 Å². The van der Waals surface area contributed by atoms with E-state index in [-0.39, 0.29) is 11.3 Å². The number of benzene rings is 2. The van der Waals surface area contributed by atoms with Crippen molar-refractivity contribution >= 4 is 5.91 Å². The van der Waals surface area contributed by atoms with Crippen LogP contribution in [0.5, 0.6) is 0 Å². The second-order valence-corrected chi connectivity index (χ2v) is 9.64. The van der Waals surface area contributed by atoms with Gasteiger partial charge in [0.2, 0.25) is 5.91 Å². The van der Waals surface area contributed by atoms with Crippen LogP contribution in [0.2, 0.25) is 0 Å². The van der Waals surface area contributed by atoms with Crippen molar-refractivity contribution in [2.24, 2.45) is 11.3 Å². The summed E-state index contributed by atoms with van der Waals surface area (Å²) in [5, 5.41) is 3.20. The maximum atomic E-state index is 12.7. The third-order valence-electron chi connectivity index (χ3n) is 7.49. The largest absolute Gasteiger partial charge is 0.356 e. The number of carbonyl (C=O) groups is 1. The van der Waals surface area contributed by atoms with Crippen molar-refractivity contribution in [3.8, 4) is 0 Å². The standard InChI is InChI=1S/C27H36N2O/c1-20-16-22(3)24(17-21(20)2)19-29-14-11-27(12-15-29)18-25(27)26(30)28-13-7-10-23-8-5-4-6-9-23/h4-6,8-9,16-17,25H,7,10-15,18-19H2,1-3H3,(H,28,30)/t25-/m1/s1. The fraction of sp³-hybridized carbons (Fsp3) is 0.519. The molecule has 2 aliphatic rings. The van der Waals surface area contributed by atoms with Gasteiger partial charge in [0.05, 0.1) is 0 Å². The van der Waals surface area contributed by atoms with E-state index < -0.39 is 0 Å².